The van der Waals surface area contributed by atoms with Gasteiger partial charge in [0.05, 0.1) is 14.9 Å². The zero-order valence-electron chi connectivity index (χ0n) is 12.8. The molecular formula is C16H16ClN3O2S. The number of rotatable bonds is 4. The molecule has 0 bridgehead atoms. The minimum Gasteiger partial charge on any atom is -0.317 e. The van der Waals surface area contributed by atoms with Crippen molar-refractivity contribution in [2.45, 2.75) is 19.8 Å². The van der Waals surface area contributed by atoms with E-state index in [2.05, 4.69) is 10.3 Å². The summed E-state index contributed by atoms with van der Waals surface area (Å²) in [4.78, 5) is 30.7. The lowest BCUT2D eigenvalue weighted by Gasteiger charge is -2.15. The summed E-state index contributed by atoms with van der Waals surface area (Å²) in [5.74, 6) is 0.542. The van der Waals surface area contributed by atoms with Gasteiger partial charge in [-0.25, -0.2) is 4.98 Å². The van der Waals surface area contributed by atoms with Crippen molar-refractivity contribution in [3.63, 3.8) is 0 Å². The molecule has 120 valence electrons. The number of aryl methyl sites for hydroxylation is 1. The Balaban J connectivity index is 1.77. The van der Waals surface area contributed by atoms with E-state index in [1.54, 1.807) is 19.2 Å². The van der Waals surface area contributed by atoms with Crippen molar-refractivity contribution in [2.75, 3.05) is 17.3 Å². The number of pyridine rings is 1. The summed E-state index contributed by atoms with van der Waals surface area (Å²) in [6.07, 6.45) is 3.41. The number of amides is 2. The maximum Gasteiger partial charge on any atom is 0.269 e. The maximum atomic E-state index is 12.6. The van der Waals surface area contributed by atoms with Gasteiger partial charge in [0.25, 0.3) is 5.91 Å². The summed E-state index contributed by atoms with van der Waals surface area (Å²) in [6.45, 7) is 1.86. The Kier molecular flexibility index (Phi) is 4.37. The first-order valence-electron chi connectivity index (χ1n) is 7.26. The van der Waals surface area contributed by atoms with Crippen molar-refractivity contribution in [1.82, 2.24) is 4.98 Å². The number of thiophene rings is 1. The number of hydrogen-bond acceptors (Lipinski definition) is 4. The normalized spacial score (nSPS) is 13.7. The number of nitrogens with one attached hydrogen (secondary N) is 1. The Bertz CT molecular complexity index is 753. The third-order valence-corrected chi connectivity index (χ3v) is 5.03. The van der Waals surface area contributed by atoms with Crippen LogP contribution >= 0.6 is 22.9 Å². The monoisotopic (exact) mass is 349 g/mol. The van der Waals surface area contributed by atoms with E-state index in [1.165, 1.54) is 22.4 Å². The molecule has 7 heteroatoms. The first kappa shape index (κ1) is 16.0. The van der Waals surface area contributed by atoms with E-state index in [0.717, 1.165) is 18.4 Å². The molecule has 1 fully saturated rings. The predicted octanol–water partition coefficient (Wildman–Crippen LogP) is 3.73. The van der Waals surface area contributed by atoms with Gasteiger partial charge < -0.3 is 5.32 Å². The van der Waals surface area contributed by atoms with Crippen LogP contribution in [0.1, 0.15) is 28.1 Å². The molecule has 3 rings (SSSR count). The Morgan fingerprint density at radius 1 is 1.39 bits per heavy atom. The quantitative estimate of drug-likeness (QED) is 0.914. The smallest absolute Gasteiger partial charge is 0.269 e. The molecule has 1 N–H and O–H groups in total. The van der Waals surface area contributed by atoms with Crippen LogP contribution < -0.4 is 10.2 Å². The molecule has 2 heterocycles. The van der Waals surface area contributed by atoms with Crippen LogP contribution in [0, 0.1) is 12.8 Å². The van der Waals surface area contributed by atoms with Gasteiger partial charge in [0, 0.05) is 19.2 Å². The number of carbonyl (C=O) groups excluding carboxylic acids is 2. The van der Waals surface area contributed by atoms with Gasteiger partial charge in [-0.3, -0.25) is 14.5 Å². The second-order valence-corrected chi connectivity index (χ2v) is 7.07. The van der Waals surface area contributed by atoms with Crippen molar-refractivity contribution in [1.29, 1.82) is 0 Å². The highest BCUT2D eigenvalue weighted by atomic mass is 35.5. The van der Waals surface area contributed by atoms with E-state index in [1.807, 2.05) is 13.0 Å². The van der Waals surface area contributed by atoms with Crippen molar-refractivity contribution in [3.8, 4) is 0 Å². The lowest BCUT2D eigenvalue weighted by Crippen LogP contribution is -2.26. The largest absolute Gasteiger partial charge is 0.317 e. The molecule has 0 aliphatic heterocycles. The van der Waals surface area contributed by atoms with Gasteiger partial charge in [-0.05, 0) is 43.5 Å². The third-order valence-electron chi connectivity index (χ3n) is 3.67. The SMILES string of the molecule is Cc1cc(NC(=O)C2CC2)sc1C(=O)N(C)c1ccc(Cl)cn1. The van der Waals surface area contributed by atoms with Crippen LogP contribution in [-0.2, 0) is 4.79 Å². The van der Waals surface area contributed by atoms with Crippen molar-refractivity contribution >= 4 is 45.6 Å². The van der Waals surface area contributed by atoms with Gasteiger partial charge in [-0.2, -0.15) is 0 Å². The Morgan fingerprint density at radius 2 is 2.13 bits per heavy atom. The molecule has 0 radical (unpaired) electrons. The standard InChI is InChI=1S/C16H16ClN3O2S/c1-9-7-13(19-15(21)10-3-4-10)23-14(9)16(22)20(2)12-6-5-11(17)8-18-12/h5-8,10H,3-4H2,1-2H3,(H,19,21). The second kappa shape index (κ2) is 6.29. The summed E-state index contributed by atoms with van der Waals surface area (Å²) in [5.41, 5.74) is 0.840. The van der Waals surface area contributed by atoms with Gasteiger partial charge in [-0.15, -0.1) is 11.3 Å². The van der Waals surface area contributed by atoms with E-state index < -0.39 is 0 Å². The molecule has 0 aromatic carbocycles. The first-order chi connectivity index (χ1) is 11.0. The molecule has 1 saturated carbocycles. The molecule has 1 aliphatic rings. The number of anilines is 2. The Labute approximate surface area is 143 Å². The summed E-state index contributed by atoms with van der Waals surface area (Å²) in [6, 6.07) is 5.22. The molecule has 2 aromatic rings. The van der Waals surface area contributed by atoms with Crippen LogP contribution in [-0.4, -0.2) is 23.8 Å². The predicted molar refractivity (Wildman–Crippen MR) is 92.4 cm³/mol. The van der Waals surface area contributed by atoms with Gasteiger partial charge in [-0.1, -0.05) is 11.6 Å². The van der Waals surface area contributed by atoms with Crippen LogP contribution in [0.4, 0.5) is 10.8 Å². The lowest BCUT2D eigenvalue weighted by molar-refractivity contribution is -0.117. The van der Waals surface area contributed by atoms with Gasteiger partial charge in [0.2, 0.25) is 5.91 Å². The fourth-order valence-corrected chi connectivity index (χ4v) is 3.31. The highest BCUT2D eigenvalue weighted by Gasteiger charge is 2.30. The molecule has 2 aromatic heterocycles. The van der Waals surface area contributed by atoms with Crippen LogP contribution in [0.5, 0.6) is 0 Å². The molecule has 0 spiro atoms. The van der Waals surface area contributed by atoms with Gasteiger partial charge >= 0.3 is 0 Å². The van der Waals surface area contributed by atoms with E-state index in [-0.39, 0.29) is 17.7 Å². The molecule has 23 heavy (non-hydrogen) atoms. The Morgan fingerprint density at radius 3 is 2.74 bits per heavy atom. The minimum absolute atomic E-state index is 0.0398. The molecule has 0 saturated heterocycles. The molecule has 5 nitrogen and oxygen atoms in total. The molecular weight excluding hydrogens is 334 g/mol. The van der Waals surface area contributed by atoms with E-state index >= 15 is 0 Å². The lowest BCUT2D eigenvalue weighted by atomic mass is 10.2. The van der Waals surface area contributed by atoms with E-state index in [0.29, 0.717) is 20.7 Å². The summed E-state index contributed by atoms with van der Waals surface area (Å²) >= 11 is 7.11. The topological polar surface area (TPSA) is 62.3 Å². The highest BCUT2D eigenvalue weighted by Crippen LogP contribution is 2.33. The maximum absolute atomic E-state index is 12.6. The zero-order chi connectivity index (χ0) is 16.6. The van der Waals surface area contributed by atoms with Crippen LogP contribution in [0.2, 0.25) is 5.02 Å². The summed E-state index contributed by atoms with van der Waals surface area (Å²) in [5, 5.41) is 4.11. The average Bonchev–Trinajstić information content (AvgIpc) is 3.31. The fraction of sp³-hybridized carbons (Fsp3) is 0.312. The minimum atomic E-state index is -0.158. The summed E-state index contributed by atoms with van der Waals surface area (Å²) in [7, 11) is 1.67. The zero-order valence-corrected chi connectivity index (χ0v) is 14.4. The van der Waals surface area contributed by atoms with Crippen molar-refractivity contribution < 1.29 is 9.59 Å². The van der Waals surface area contributed by atoms with E-state index in [4.69, 9.17) is 11.6 Å². The number of halogens is 1. The average molecular weight is 350 g/mol. The highest BCUT2D eigenvalue weighted by molar-refractivity contribution is 7.18. The van der Waals surface area contributed by atoms with E-state index in [9.17, 15) is 9.59 Å². The second-order valence-electron chi connectivity index (χ2n) is 5.59. The number of hydrogen-bond donors (Lipinski definition) is 1. The van der Waals surface area contributed by atoms with Crippen LogP contribution in [0.15, 0.2) is 24.4 Å². The first-order valence-corrected chi connectivity index (χ1v) is 8.46. The van der Waals surface area contributed by atoms with Crippen LogP contribution in [0.25, 0.3) is 0 Å². The summed E-state index contributed by atoms with van der Waals surface area (Å²) < 4.78 is 0. The molecule has 0 atom stereocenters. The fourth-order valence-electron chi connectivity index (χ4n) is 2.15. The molecule has 0 unspecified atom stereocenters. The number of aromatic nitrogens is 1. The third kappa shape index (κ3) is 3.54. The number of nitrogens with zero attached hydrogens (tertiary/aromatic N) is 2. The van der Waals surface area contributed by atoms with Gasteiger partial charge in [0.1, 0.15) is 5.82 Å². The van der Waals surface area contributed by atoms with Crippen molar-refractivity contribution in [2.24, 2.45) is 5.92 Å². The van der Waals surface area contributed by atoms with Crippen LogP contribution in [0.3, 0.4) is 0 Å². The van der Waals surface area contributed by atoms with Gasteiger partial charge in [0.15, 0.2) is 0 Å². The molecule has 1 aliphatic carbocycles. The molecule has 2 amide bonds. The van der Waals surface area contributed by atoms with Crippen molar-refractivity contribution in [3.05, 3.63) is 39.9 Å². The Hall–Kier alpha value is -1.92. The number of carbonyl (C=O) groups is 2.